The second-order valence-corrected chi connectivity index (χ2v) is 6.45. The lowest BCUT2D eigenvalue weighted by molar-refractivity contribution is 0.293. The SMILES string of the molecule is Cc1ccc(OCc2nnc(-c3ccncc3)n2-c2ccc(C)cc2)cc1. The maximum atomic E-state index is 5.95. The number of hydrogen-bond donors (Lipinski definition) is 0. The maximum Gasteiger partial charge on any atom is 0.175 e. The van der Waals surface area contributed by atoms with Crippen LogP contribution in [0.4, 0.5) is 0 Å². The van der Waals surface area contributed by atoms with Gasteiger partial charge in [0.1, 0.15) is 12.4 Å². The third-order valence-corrected chi connectivity index (χ3v) is 4.35. The normalized spacial score (nSPS) is 10.7. The third-order valence-electron chi connectivity index (χ3n) is 4.35. The van der Waals surface area contributed by atoms with E-state index in [1.807, 2.05) is 41.0 Å². The van der Waals surface area contributed by atoms with Gasteiger partial charge in [0.25, 0.3) is 0 Å². The fraction of sp³-hybridized carbons (Fsp3) is 0.136. The maximum absolute atomic E-state index is 5.95. The molecule has 0 radical (unpaired) electrons. The molecule has 0 aliphatic carbocycles. The summed E-state index contributed by atoms with van der Waals surface area (Å²) in [6.45, 7) is 4.45. The molecule has 2 aromatic carbocycles. The van der Waals surface area contributed by atoms with Gasteiger partial charge in [0.15, 0.2) is 11.6 Å². The molecule has 0 amide bonds. The zero-order valence-corrected chi connectivity index (χ0v) is 15.3. The van der Waals surface area contributed by atoms with Gasteiger partial charge < -0.3 is 4.74 Å². The minimum absolute atomic E-state index is 0.328. The highest BCUT2D eigenvalue weighted by molar-refractivity contribution is 5.58. The standard InChI is InChI=1S/C22H20N4O/c1-16-3-7-19(8-4-16)26-21(15-27-20-9-5-17(2)6-10-20)24-25-22(26)18-11-13-23-14-12-18/h3-14H,15H2,1-2H3. The minimum atomic E-state index is 0.328. The van der Waals surface area contributed by atoms with Crippen LogP contribution in [0.25, 0.3) is 17.1 Å². The average molecular weight is 356 g/mol. The van der Waals surface area contributed by atoms with Crippen molar-refractivity contribution < 1.29 is 4.74 Å². The first-order chi connectivity index (χ1) is 13.2. The highest BCUT2D eigenvalue weighted by Gasteiger charge is 2.16. The van der Waals surface area contributed by atoms with Crippen molar-refractivity contribution in [3.8, 4) is 22.8 Å². The molecule has 0 spiro atoms. The minimum Gasteiger partial charge on any atom is -0.486 e. The summed E-state index contributed by atoms with van der Waals surface area (Å²) in [5, 5.41) is 8.81. The molecule has 0 saturated heterocycles. The molecule has 5 heteroatoms. The lowest BCUT2D eigenvalue weighted by Crippen LogP contribution is -2.07. The number of rotatable bonds is 5. The molecule has 0 bridgehead atoms. The van der Waals surface area contributed by atoms with Crippen molar-refractivity contribution in [1.82, 2.24) is 19.7 Å². The molecule has 4 aromatic rings. The second-order valence-electron chi connectivity index (χ2n) is 6.45. The number of hydrogen-bond acceptors (Lipinski definition) is 4. The van der Waals surface area contributed by atoms with Crippen molar-refractivity contribution in [3.63, 3.8) is 0 Å². The van der Waals surface area contributed by atoms with E-state index >= 15 is 0 Å². The van der Waals surface area contributed by atoms with Gasteiger partial charge in [0, 0.05) is 23.6 Å². The molecule has 0 fully saturated rings. The van der Waals surface area contributed by atoms with Gasteiger partial charge in [0.05, 0.1) is 0 Å². The van der Waals surface area contributed by atoms with Crippen LogP contribution in [0.15, 0.2) is 73.1 Å². The molecule has 0 atom stereocenters. The van der Waals surface area contributed by atoms with Gasteiger partial charge in [-0.15, -0.1) is 10.2 Å². The highest BCUT2D eigenvalue weighted by atomic mass is 16.5. The zero-order chi connectivity index (χ0) is 18.6. The zero-order valence-electron chi connectivity index (χ0n) is 15.3. The van der Waals surface area contributed by atoms with E-state index in [9.17, 15) is 0 Å². The Hall–Kier alpha value is -3.47. The summed E-state index contributed by atoms with van der Waals surface area (Å²) < 4.78 is 7.98. The Morgan fingerprint density at radius 2 is 1.41 bits per heavy atom. The van der Waals surface area contributed by atoms with Crippen molar-refractivity contribution in [1.29, 1.82) is 0 Å². The van der Waals surface area contributed by atoms with E-state index in [0.29, 0.717) is 6.61 Å². The summed E-state index contributed by atoms with van der Waals surface area (Å²) in [6, 6.07) is 20.1. The summed E-state index contributed by atoms with van der Waals surface area (Å²) in [7, 11) is 0. The first-order valence-corrected chi connectivity index (χ1v) is 8.82. The predicted molar refractivity (Wildman–Crippen MR) is 105 cm³/mol. The van der Waals surface area contributed by atoms with Crippen molar-refractivity contribution >= 4 is 0 Å². The molecule has 27 heavy (non-hydrogen) atoms. The van der Waals surface area contributed by atoms with Gasteiger partial charge >= 0.3 is 0 Å². The fourth-order valence-corrected chi connectivity index (χ4v) is 2.85. The highest BCUT2D eigenvalue weighted by Crippen LogP contribution is 2.23. The molecule has 2 heterocycles. The van der Waals surface area contributed by atoms with Gasteiger partial charge in [0.2, 0.25) is 0 Å². The Balaban J connectivity index is 1.71. The molecular formula is C22H20N4O. The summed E-state index contributed by atoms with van der Waals surface area (Å²) in [5.41, 5.74) is 4.36. The van der Waals surface area contributed by atoms with Gasteiger partial charge in [-0.3, -0.25) is 9.55 Å². The Morgan fingerprint density at radius 3 is 2.07 bits per heavy atom. The van der Waals surface area contributed by atoms with Crippen LogP contribution in [0, 0.1) is 13.8 Å². The van der Waals surface area contributed by atoms with Crippen molar-refractivity contribution in [3.05, 3.63) is 90.0 Å². The van der Waals surface area contributed by atoms with Gasteiger partial charge in [-0.2, -0.15) is 0 Å². The van der Waals surface area contributed by atoms with Crippen molar-refractivity contribution in [2.45, 2.75) is 20.5 Å². The van der Waals surface area contributed by atoms with Crippen LogP contribution in [-0.4, -0.2) is 19.7 Å². The molecule has 134 valence electrons. The summed E-state index contributed by atoms with van der Waals surface area (Å²) >= 11 is 0. The molecule has 5 nitrogen and oxygen atoms in total. The molecule has 0 unspecified atom stereocenters. The quantitative estimate of drug-likeness (QED) is 0.527. The summed E-state index contributed by atoms with van der Waals surface area (Å²) in [5.74, 6) is 2.32. The van der Waals surface area contributed by atoms with Crippen LogP contribution in [-0.2, 0) is 6.61 Å². The van der Waals surface area contributed by atoms with Gasteiger partial charge in [-0.25, -0.2) is 0 Å². The van der Waals surface area contributed by atoms with Crippen LogP contribution in [0.5, 0.6) is 5.75 Å². The van der Waals surface area contributed by atoms with Crippen molar-refractivity contribution in [2.75, 3.05) is 0 Å². The van der Waals surface area contributed by atoms with E-state index in [4.69, 9.17) is 4.74 Å². The Bertz CT molecular complexity index is 1020. The van der Waals surface area contributed by atoms with Crippen LogP contribution in [0.3, 0.4) is 0 Å². The molecule has 0 saturated carbocycles. The van der Waals surface area contributed by atoms with Crippen molar-refractivity contribution in [2.24, 2.45) is 0 Å². The van der Waals surface area contributed by atoms with E-state index in [1.165, 1.54) is 11.1 Å². The number of benzene rings is 2. The Morgan fingerprint density at radius 1 is 0.778 bits per heavy atom. The average Bonchev–Trinajstić information content (AvgIpc) is 3.13. The fourth-order valence-electron chi connectivity index (χ4n) is 2.85. The van der Waals surface area contributed by atoms with E-state index in [1.54, 1.807) is 12.4 Å². The van der Waals surface area contributed by atoms with Gasteiger partial charge in [-0.05, 0) is 50.2 Å². The number of aryl methyl sites for hydroxylation is 2. The largest absolute Gasteiger partial charge is 0.486 e. The third kappa shape index (κ3) is 3.72. The second kappa shape index (κ2) is 7.41. The van der Waals surface area contributed by atoms with E-state index < -0.39 is 0 Å². The molecule has 2 aromatic heterocycles. The lowest BCUT2D eigenvalue weighted by Gasteiger charge is -2.12. The van der Waals surface area contributed by atoms with Gasteiger partial charge in [-0.1, -0.05) is 35.4 Å². The van der Waals surface area contributed by atoms with Crippen LogP contribution in [0.2, 0.25) is 0 Å². The first kappa shape index (κ1) is 17.0. The molecule has 4 rings (SSSR count). The Labute approximate surface area is 158 Å². The topological polar surface area (TPSA) is 52.8 Å². The van der Waals surface area contributed by atoms with Crippen LogP contribution < -0.4 is 4.74 Å². The molecule has 0 aliphatic rings. The molecule has 0 aliphatic heterocycles. The van der Waals surface area contributed by atoms with E-state index in [0.717, 1.165) is 28.6 Å². The Kier molecular flexibility index (Phi) is 4.66. The van der Waals surface area contributed by atoms with E-state index in [2.05, 4.69) is 53.3 Å². The monoisotopic (exact) mass is 356 g/mol. The number of ether oxygens (including phenoxy) is 1. The number of aromatic nitrogens is 4. The summed E-state index contributed by atoms with van der Waals surface area (Å²) in [4.78, 5) is 4.09. The molecule has 0 N–H and O–H groups in total. The smallest absolute Gasteiger partial charge is 0.175 e. The lowest BCUT2D eigenvalue weighted by atomic mass is 10.2. The summed E-state index contributed by atoms with van der Waals surface area (Å²) in [6.07, 6.45) is 3.51. The van der Waals surface area contributed by atoms with E-state index in [-0.39, 0.29) is 0 Å². The van der Waals surface area contributed by atoms with Crippen LogP contribution in [0.1, 0.15) is 17.0 Å². The first-order valence-electron chi connectivity index (χ1n) is 8.82. The van der Waals surface area contributed by atoms with Crippen LogP contribution >= 0.6 is 0 Å². The number of nitrogens with zero attached hydrogens (tertiary/aromatic N) is 4. The predicted octanol–water partition coefficient (Wildman–Crippen LogP) is 4.53. The number of pyridine rings is 1. The molecular weight excluding hydrogens is 336 g/mol.